The van der Waals surface area contributed by atoms with E-state index in [4.69, 9.17) is 15.3 Å². The number of carboxylic acids is 1. The Morgan fingerprint density at radius 3 is 2.34 bits per heavy atom. The van der Waals surface area contributed by atoms with Gasteiger partial charge in [0, 0.05) is 6.42 Å². The molecule has 0 fully saturated rings. The number of halogens is 6. The minimum absolute atomic E-state index is 0.216. The Morgan fingerprint density at radius 1 is 1.13 bits per heavy atom. The zero-order chi connectivity index (χ0) is 28.3. The van der Waals surface area contributed by atoms with E-state index in [1.807, 2.05) is 0 Å². The normalized spacial score (nSPS) is 12.5. The molecule has 17 heteroatoms. The van der Waals surface area contributed by atoms with Gasteiger partial charge in [-0.3, -0.25) is 10.2 Å². The van der Waals surface area contributed by atoms with Crippen LogP contribution in [-0.2, 0) is 11.0 Å². The van der Waals surface area contributed by atoms with E-state index in [1.54, 1.807) is 0 Å². The van der Waals surface area contributed by atoms with Gasteiger partial charge in [-0.15, -0.1) is 13.2 Å². The van der Waals surface area contributed by atoms with Crippen LogP contribution in [0.15, 0.2) is 41.1 Å². The molecule has 0 aliphatic rings. The average Bonchev–Trinajstić information content (AvgIpc) is 3.26. The number of anilines is 1. The molecule has 0 bridgehead atoms. The molecule has 0 saturated carbocycles. The second-order valence-corrected chi connectivity index (χ2v) is 7.36. The number of benzene rings is 1. The second kappa shape index (κ2) is 10.7. The number of ether oxygens (including phenoxy) is 2. The molecule has 0 spiro atoms. The van der Waals surface area contributed by atoms with Gasteiger partial charge in [-0.2, -0.15) is 13.2 Å². The van der Waals surface area contributed by atoms with Crippen LogP contribution in [-0.4, -0.2) is 50.1 Å². The third-order valence-corrected chi connectivity index (χ3v) is 4.39. The predicted molar refractivity (Wildman–Crippen MR) is 114 cm³/mol. The van der Waals surface area contributed by atoms with Crippen LogP contribution in [0.2, 0.25) is 0 Å². The second-order valence-electron chi connectivity index (χ2n) is 7.36. The first-order valence-corrected chi connectivity index (χ1v) is 10.2. The van der Waals surface area contributed by atoms with Crippen molar-refractivity contribution < 1.29 is 54.9 Å². The number of alkyl halides is 6. The summed E-state index contributed by atoms with van der Waals surface area (Å²) in [5.41, 5.74) is -2.71. The molecule has 202 valence electrons. The molecule has 3 aromatic rings. The summed E-state index contributed by atoms with van der Waals surface area (Å²) in [6.45, 7) is 1.44. The lowest BCUT2D eigenvalue weighted by atomic mass is 10.2. The van der Waals surface area contributed by atoms with Crippen molar-refractivity contribution in [3.63, 3.8) is 0 Å². The maximum absolute atomic E-state index is 13.5. The molecule has 2 aromatic heterocycles. The van der Waals surface area contributed by atoms with Crippen LogP contribution in [0.3, 0.4) is 0 Å². The molecule has 3 rings (SSSR count). The van der Waals surface area contributed by atoms with Crippen molar-refractivity contribution in [2.24, 2.45) is 0 Å². The number of rotatable bonds is 9. The van der Waals surface area contributed by atoms with E-state index in [1.165, 1.54) is 13.0 Å². The van der Waals surface area contributed by atoms with Crippen molar-refractivity contribution >= 4 is 23.3 Å². The minimum Gasteiger partial charge on any atom is -0.477 e. The number of aromatic nitrogens is 3. The van der Waals surface area contributed by atoms with Crippen LogP contribution in [0.4, 0.5) is 32.0 Å². The third kappa shape index (κ3) is 7.17. The summed E-state index contributed by atoms with van der Waals surface area (Å²) >= 11 is 0. The van der Waals surface area contributed by atoms with Gasteiger partial charge >= 0.3 is 24.5 Å². The van der Waals surface area contributed by atoms with Crippen LogP contribution >= 0.6 is 0 Å². The van der Waals surface area contributed by atoms with Gasteiger partial charge in [0.25, 0.3) is 5.91 Å². The molecular formula is C21H15F6N5O6. The lowest BCUT2D eigenvalue weighted by Gasteiger charge is -2.12. The number of hydrogen-bond acceptors (Lipinski definition) is 9. The number of hydrogen-bond donors (Lipinski definition) is 3. The molecule has 38 heavy (non-hydrogen) atoms. The van der Waals surface area contributed by atoms with Gasteiger partial charge in [0.1, 0.15) is 17.6 Å². The standard InChI is InChI=1S/C21H15F6N5O6/c1-9(6-12(28)18(34)35)36-19-29-7-10(8-30-19)31-16(33)14-15(20(22,23)24)37-17(32-14)11-4-2-3-5-13(11)38-21(25,26)27/h2-5,7-9,28H,6H2,1H3,(H,31,33)(H,34,35)/t9-/m0/s1. The van der Waals surface area contributed by atoms with Gasteiger partial charge in [0.05, 0.1) is 23.6 Å². The van der Waals surface area contributed by atoms with Gasteiger partial charge in [0.15, 0.2) is 5.69 Å². The van der Waals surface area contributed by atoms with Crippen LogP contribution in [0.5, 0.6) is 11.8 Å². The van der Waals surface area contributed by atoms with Crippen LogP contribution in [0, 0.1) is 5.41 Å². The van der Waals surface area contributed by atoms with Gasteiger partial charge in [-0.05, 0) is 19.1 Å². The first kappa shape index (κ1) is 27.9. The maximum Gasteiger partial charge on any atom is 0.573 e. The van der Waals surface area contributed by atoms with E-state index in [2.05, 4.69) is 29.4 Å². The van der Waals surface area contributed by atoms with E-state index in [-0.39, 0.29) is 18.1 Å². The maximum atomic E-state index is 13.5. The predicted octanol–water partition coefficient (Wildman–Crippen LogP) is 4.56. The molecule has 3 N–H and O–H groups in total. The monoisotopic (exact) mass is 547 g/mol. The number of nitrogens with zero attached hydrogens (tertiary/aromatic N) is 3. The summed E-state index contributed by atoms with van der Waals surface area (Å²) in [6.07, 6.45) is -9.59. The molecule has 0 aliphatic carbocycles. The molecule has 1 amide bonds. The van der Waals surface area contributed by atoms with Crippen molar-refractivity contribution in [1.82, 2.24) is 15.0 Å². The van der Waals surface area contributed by atoms with E-state index >= 15 is 0 Å². The summed E-state index contributed by atoms with van der Waals surface area (Å²) in [5, 5.41) is 18.1. The van der Waals surface area contributed by atoms with Gasteiger partial charge in [-0.1, -0.05) is 12.1 Å². The SMILES string of the molecule is C[C@@H](CC(=N)C(=O)O)Oc1ncc(NC(=O)c2nc(-c3ccccc3OC(F)(F)F)oc2C(F)(F)F)cn1. The quantitative estimate of drug-likeness (QED) is 0.258. The number of oxazole rings is 1. The molecule has 11 nitrogen and oxygen atoms in total. The van der Waals surface area contributed by atoms with Crippen molar-refractivity contribution in [1.29, 1.82) is 5.41 Å². The number of carbonyl (C=O) groups is 2. The Morgan fingerprint density at radius 2 is 1.76 bits per heavy atom. The summed E-state index contributed by atoms with van der Waals surface area (Å²) in [4.78, 5) is 34.2. The number of amides is 1. The average molecular weight is 547 g/mol. The Balaban J connectivity index is 1.82. The number of carbonyl (C=O) groups excluding carboxylic acids is 1. The molecular weight excluding hydrogens is 532 g/mol. The van der Waals surface area contributed by atoms with Crippen molar-refractivity contribution in [2.45, 2.75) is 32.0 Å². The Bertz CT molecular complexity index is 1340. The van der Waals surface area contributed by atoms with E-state index in [0.717, 1.165) is 30.6 Å². The third-order valence-electron chi connectivity index (χ3n) is 4.39. The highest BCUT2D eigenvalue weighted by molar-refractivity contribution is 6.34. The largest absolute Gasteiger partial charge is 0.573 e. The van der Waals surface area contributed by atoms with Crippen LogP contribution in [0.1, 0.15) is 29.6 Å². The highest BCUT2D eigenvalue weighted by Gasteiger charge is 2.42. The van der Waals surface area contributed by atoms with Gasteiger partial charge in [0.2, 0.25) is 11.7 Å². The Labute approximate surface area is 207 Å². The number of carboxylic acid groups (broad SMARTS) is 1. The van der Waals surface area contributed by atoms with Crippen molar-refractivity contribution in [2.75, 3.05) is 5.32 Å². The summed E-state index contributed by atoms with van der Waals surface area (Å²) in [6, 6.07) is 3.83. The molecule has 0 aliphatic heterocycles. The fraction of sp³-hybridized carbons (Fsp3) is 0.238. The lowest BCUT2D eigenvalue weighted by Crippen LogP contribution is -2.22. The fourth-order valence-electron chi connectivity index (χ4n) is 2.87. The smallest absolute Gasteiger partial charge is 0.477 e. The fourth-order valence-corrected chi connectivity index (χ4v) is 2.87. The van der Waals surface area contributed by atoms with Crippen molar-refractivity contribution in [3.8, 4) is 23.2 Å². The Kier molecular flexibility index (Phi) is 7.87. The summed E-state index contributed by atoms with van der Waals surface area (Å²) < 4.78 is 92.4. The number of para-hydroxylation sites is 1. The van der Waals surface area contributed by atoms with Crippen LogP contribution in [0.25, 0.3) is 11.5 Å². The number of aliphatic carboxylic acids is 1. The number of nitrogens with one attached hydrogen (secondary N) is 2. The Hall–Kier alpha value is -4.70. The van der Waals surface area contributed by atoms with E-state index in [0.29, 0.717) is 0 Å². The zero-order valence-electron chi connectivity index (χ0n) is 18.8. The summed E-state index contributed by atoms with van der Waals surface area (Å²) in [7, 11) is 0. The van der Waals surface area contributed by atoms with Crippen molar-refractivity contribution in [3.05, 3.63) is 48.1 Å². The summed E-state index contributed by atoms with van der Waals surface area (Å²) in [5.74, 6) is -6.61. The molecule has 0 saturated heterocycles. The molecule has 2 heterocycles. The topological polar surface area (TPSA) is 161 Å². The first-order chi connectivity index (χ1) is 17.6. The lowest BCUT2D eigenvalue weighted by molar-refractivity contribution is -0.274. The van der Waals surface area contributed by atoms with Gasteiger partial charge < -0.3 is 24.3 Å². The van der Waals surface area contributed by atoms with E-state index < -0.39 is 64.9 Å². The molecule has 1 atom stereocenters. The highest BCUT2D eigenvalue weighted by atomic mass is 19.4. The van der Waals surface area contributed by atoms with Crippen LogP contribution < -0.4 is 14.8 Å². The molecule has 0 unspecified atom stereocenters. The first-order valence-electron chi connectivity index (χ1n) is 10.2. The highest BCUT2D eigenvalue weighted by Crippen LogP contribution is 2.39. The van der Waals surface area contributed by atoms with E-state index in [9.17, 15) is 35.9 Å². The molecule has 0 radical (unpaired) electrons. The zero-order valence-corrected chi connectivity index (χ0v) is 18.8. The van der Waals surface area contributed by atoms with Gasteiger partial charge in [-0.25, -0.2) is 19.7 Å². The molecule has 1 aromatic carbocycles. The minimum atomic E-state index is -5.24.